The van der Waals surface area contributed by atoms with E-state index in [4.69, 9.17) is 0 Å². The van der Waals surface area contributed by atoms with Crippen molar-refractivity contribution in [2.24, 2.45) is 11.8 Å². The number of likely N-dealkylation sites (tertiary alicyclic amines) is 1. The van der Waals surface area contributed by atoms with E-state index in [-0.39, 0.29) is 17.0 Å². The Kier molecular flexibility index (Phi) is 7.82. The third-order valence-corrected chi connectivity index (χ3v) is 8.72. The maximum Gasteiger partial charge on any atom is 0.419 e. The van der Waals surface area contributed by atoms with Crippen LogP contribution in [0.1, 0.15) is 68.1 Å². The highest BCUT2D eigenvalue weighted by atomic mass is 19.4. The van der Waals surface area contributed by atoms with Crippen LogP contribution in [-0.4, -0.2) is 30.4 Å². The zero-order valence-corrected chi connectivity index (χ0v) is 21.9. The molecule has 1 heterocycles. The Hall–Kier alpha value is -3.18. The first kappa shape index (κ1) is 27.4. The molecule has 5 rings (SSSR count). The topological polar surface area (TPSA) is 56.1 Å². The Morgan fingerprint density at radius 2 is 1.97 bits per heavy atom. The van der Waals surface area contributed by atoms with Gasteiger partial charge in [-0.15, -0.1) is 0 Å². The van der Waals surface area contributed by atoms with E-state index in [1.807, 2.05) is 24.3 Å². The Morgan fingerprint density at radius 1 is 1.18 bits per heavy atom. The van der Waals surface area contributed by atoms with Gasteiger partial charge in [0.15, 0.2) is 0 Å². The maximum absolute atomic E-state index is 13.8. The van der Waals surface area contributed by atoms with Crippen LogP contribution in [0.5, 0.6) is 0 Å². The van der Waals surface area contributed by atoms with Crippen LogP contribution in [0.4, 0.5) is 23.2 Å². The zero-order valence-electron chi connectivity index (χ0n) is 21.9. The number of rotatable bonds is 8. The highest BCUT2D eigenvalue weighted by Crippen LogP contribution is 2.63. The molecule has 2 aromatic carbocycles. The van der Waals surface area contributed by atoms with E-state index in [0.29, 0.717) is 29.5 Å². The molecule has 206 valence electrons. The van der Waals surface area contributed by atoms with Crippen LogP contribution in [0.25, 0.3) is 0 Å². The van der Waals surface area contributed by atoms with Gasteiger partial charge in [0.05, 0.1) is 17.2 Å². The van der Waals surface area contributed by atoms with Crippen LogP contribution in [0.2, 0.25) is 0 Å². The fourth-order valence-corrected chi connectivity index (χ4v) is 6.56. The largest absolute Gasteiger partial charge is 0.419 e. The van der Waals surface area contributed by atoms with Crippen molar-refractivity contribution in [3.63, 3.8) is 0 Å². The van der Waals surface area contributed by atoms with E-state index in [0.717, 1.165) is 57.8 Å². The van der Waals surface area contributed by atoms with Gasteiger partial charge in [0.25, 0.3) is 5.91 Å². The molecule has 1 amide bonds. The van der Waals surface area contributed by atoms with Crippen LogP contribution in [0, 0.1) is 29.0 Å². The molecule has 4 nitrogen and oxygen atoms in total. The third kappa shape index (κ3) is 6.19. The summed E-state index contributed by atoms with van der Waals surface area (Å²) in [7, 11) is 0. The lowest BCUT2D eigenvalue weighted by Gasteiger charge is -2.28. The van der Waals surface area contributed by atoms with Crippen LogP contribution >= 0.6 is 0 Å². The molecule has 3 aliphatic rings. The third-order valence-electron chi connectivity index (χ3n) is 8.72. The second kappa shape index (κ2) is 11.1. The quantitative estimate of drug-likeness (QED) is 0.285. The summed E-state index contributed by atoms with van der Waals surface area (Å²) in [5, 5.41) is 11.9. The molecule has 2 aromatic rings. The molecule has 0 spiro atoms. The van der Waals surface area contributed by atoms with Crippen LogP contribution in [0.15, 0.2) is 54.1 Å². The van der Waals surface area contributed by atoms with E-state index in [1.54, 1.807) is 0 Å². The minimum atomic E-state index is -4.84. The van der Waals surface area contributed by atoms with Gasteiger partial charge >= 0.3 is 6.18 Å². The smallest absolute Gasteiger partial charge is 0.322 e. The van der Waals surface area contributed by atoms with Crippen molar-refractivity contribution in [1.29, 1.82) is 5.26 Å². The lowest BCUT2D eigenvalue weighted by Crippen LogP contribution is -2.23. The fraction of sp³-hybridized carbons (Fsp3) is 0.484. The number of halogens is 4. The summed E-state index contributed by atoms with van der Waals surface area (Å²) in [6, 6.07) is 12.6. The number of benzene rings is 2. The molecule has 39 heavy (non-hydrogen) atoms. The van der Waals surface area contributed by atoms with Crippen LogP contribution in [-0.2, 0) is 16.4 Å². The number of nitrogens with one attached hydrogen (secondary N) is 1. The number of hydrogen-bond donors (Lipinski definition) is 1. The number of carbonyl (C=O) groups is 1. The van der Waals surface area contributed by atoms with Crippen molar-refractivity contribution in [2.75, 3.05) is 25.0 Å². The fourth-order valence-electron chi connectivity index (χ4n) is 6.56. The summed E-state index contributed by atoms with van der Waals surface area (Å²) in [6.07, 6.45) is 4.76. The van der Waals surface area contributed by atoms with Gasteiger partial charge in [-0.1, -0.05) is 18.2 Å². The standard InChI is InChI=1S/C31H33F4N3O/c32-28-9-8-26(18-27(28)31(33,34)35)37-29(39)23(6-4-14-38-12-1-2-13-38)15-21-10-11-30(19-25(30)16-21)24-7-3-5-22(17-24)20-36/h3,5,7-9,15,17-18,21,25H,1-2,4,6,10-14,16,19H2,(H,37,39)/b23-15-/t21?,25?,30-/m1/s1. The van der Waals surface area contributed by atoms with Crippen molar-refractivity contribution in [1.82, 2.24) is 4.90 Å². The summed E-state index contributed by atoms with van der Waals surface area (Å²) in [6.45, 7) is 2.99. The Bertz CT molecular complexity index is 1290. The summed E-state index contributed by atoms with van der Waals surface area (Å²) >= 11 is 0. The summed E-state index contributed by atoms with van der Waals surface area (Å²) in [5.74, 6) is -1.10. The molecular formula is C31H33F4N3O. The monoisotopic (exact) mass is 539 g/mol. The highest BCUT2D eigenvalue weighted by molar-refractivity contribution is 6.03. The summed E-state index contributed by atoms with van der Waals surface area (Å²) in [5.41, 5.74) is 1.11. The van der Waals surface area contributed by atoms with Crippen LogP contribution in [0.3, 0.4) is 0 Å². The van der Waals surface area contributed by atoms with E-state index < -0.39 is 23.5 Å². The molecule has 2 saturated carbocycles. The molecule has 8 heteroatoms. The minimum absolute atomic E-state index is 0.0682. The Morgan fingerprint density at radius 3 is 2.69 bits per heavy atom. The van der Waals surface area contributed by atoms with Gasteiger partial charge in [0.1, 0.15) is 5.82 Å². The molecule has 1 aliphatic heterocycles. The summed E-state index contributed by atoms with van der Waals surface area (Å²) in [4.78, 5) is 15.7. The second-order valence-electron chi connectivity index (χ2n) is 11.3. The predicted molar refractivity (Wildman–Crippen MR) is 141 cm³/mol. The number of nitrogens with zero attached hydrogens (tertiary/aromatic N) is 2. The van der Waals surface area contributed by atoms with Gasteiger partial charge < -0.3 is 10.2 Å². The lowest BCUT2D eigenvalue weighted by molar-refractivity contribution is -0.140. The molecule has 3 fully saturated rings. The van der Waals surface area contributed by atoms with Crippen molar-refractivity contribution >= 4 is 11.6 Å². The summed E-state index contributed by atoms with van der Waals surface area (Å²) < 4.78 is 53.4. The first-order valence-corrected chi connectivity index (χ1v) is 13.8. The van der Waals surface area contributed by atoms with Gasteiger partial charge in [-0.2, -0.15) is 18.4 Å². The number of carbonyl (C=O) groups excluding carboxylic acids is 1. The Labute approximate surface area is 226 Å². The van der Waals surface area contributed by atoms with Crippen molar-refractivity contribution in [2.45, 2.75) is 63.0 Å². The number of hydrogen-bond acceptors (Lipinski definition) is 3. The maximum atomic E-state index is 13.8. The molecule has 0 bridgehead atoms. The predicted octanol–water partition coefficient (Wildman–Crippen LogP) is 7.22. The van der Waals surface area contributed by atoms with Gasteiger partial charge in [-0.05, 0) is 124 Å². The van der Waals surface area contributed by atoms with Gasteiger partial charge in [-0.25, -0.2) is 4.39 Å². The molecule has 1 saturated heterocycles. The number of fused-ring (bicyclic) bond motifs is 1. The number of nitriles is 1. The van der Waals surface area contributed by atoms with Gasteiger partial charge in [0.2, 0.25) is 0 Å². The first-order valence-electron chi connectivity index (χ1n) is 13.8. The van der Waals surface area contributed by atoms with Gasteiger partial charge in [-0.3, -0.25) is 4.79 Å². The SMILES string of the molecule is N#Cc1cccc([C@]23CCC(/C=C(/CCCN4CCCC4)C(=O)Nc4ccc(F)c(C(F)(F)F)c4)CC2C3)c1. The number of allylic oxidation sites excluding steroid dienone is 1. The molecule has 2 aliphatic carbocycles. The number of amides is 1. The average Bonchev–Trinajstić information content (AvgIpc) is 3.42. The minimum Gasteiger partial charge on any atom is -0.322 e. The lowest BCUT2D eigenvalue weighted by atomic mass is 9.77. The van der Waals surface area contributed by atoms with E-state index in [1.165, 1.54) is 24.5 Å². The number of alkyl halides is 3. The van der Waals surface area contributed by atoms with Crippen molar-refractivity contribution in [3.05, 3.63) is 76.6 Å². The van der Waals surface area contributed by atoms with E-state index in [2.05, 4.69) is 22.4 Å². The van der Waals surface area contributed by atoms with Crippen molar-refractivity contribution in [3.8, 4) is 6.07 Å². The molecule has 1 N–H and O–H groups in total. The molecule has 2 unspecified atom stereocenters. The molecule has 0 aromatic heterocycles. The van der Waals surface area contributed by atoms with E-state index >= 15 is 0 Å². The van der Waals surface area contributed by atoms with Crippen molar-refractivity contribution < 1.29 is 22.4 Å². The average molecular weight is 540 g/mol. The van der Waals surface area contributed by atoms with Gasteiger partial charge in [0, 0.05) is 11.3 Å². The first-order chi connectivity index (χ1) is 18.7. The van der Waals surface area contributed by atoms with E-state index in [9.17, 15) is 27.6 Å². The molecular weight excluding hydrogens is 506 g/mol. The molecule has 0 radical (unpaired) electrons. The van der Waals surface area contributed by atoms with Crippen LogP contribution < -0.4 is 5.32 Å². The highest BCUT2D eigenvalue weighted by Gasteiger charge is 2.57. The zero-order chi connectivity index (χ0) is 27.6. The normalized spacial score (nSPS) is 25.2. The second-order valence-corrected chi connectivity index (χ2v) is 11.3. The molecule has 3 atom stereocenters. The Balaban J connectivity index is 1.30. The number of anilines is 1.